The lowest BCUT2D eigenvalue weighted by Gasteiger charge is -2.10. The topological polar surface area (TPSA) is 101 Å². The Hall–Kier alpha value is -2.48. The second-order valence-electron chi connectivity index (χ2n) is 5.60. The first-order valence-corrected chi connectivity index (χ1v) is 9.01. The van der Waals surface area contributed by atoms with E-state index in [1.165, 1.54) is 24.6 Å². The Labute approximate surface area is 134 Å². The van der Waals surface area contributed by atoms with Crippen LogP contribution in [0.2, 0.25) is 0 Å². The van der Waals surface area contributed by atoms with E-state index in [1.807, 2.05) is 19.9 Å². The molecule has 3 aromatic heterocycles. The minimum Gasteiger partial charge on any atom is -0.367 e. The fraction of sp³-hybridized carbons (Fsp3) is 0.267. The van der Waals surface area contributed by atoms with Crippen LogP contribution < -0.4 is 5.32 Å². The van der Waals surface area contributed by atoms with Crippen LogP contribution in [0.4, 0.5) is 5.82 Å². The molecule has 0 aliphatic carbocycles. The molecule has 2 N–H and O–H groups in total. The van der Waals surface area contributed by atoms with Gasteiger partial charge in [-0.2, -0.15) is 5.10 Å². The largest absolute Gasteiger partial charge is 0.367 e. The zero-order chi connectivity index (χ0) is 16.6. The van der Waals surface area contributed by atoms with Crippen molar-refractivity contribution in [3.8, 4) is 11.4 Å². The monoisotopic (exact) mass is 331 g/mol. The highest BCUT2D eigenvalue weighted by Crippen LogP contribution is 2.30. The molecule has 23 heavy (non-hydrogen) atoms. The third kappa shape index (κ3) is 3.02. The lowest BCUT2D eigenvalue weighted by Crippen LogP contribution is -2.11. The zero-order valence-electron chi connectivity index (χ0n) is 13.0. The summed E-state index contributed by atoms with van der Waals surface area (Å²) in [4.78, 5) is 8.83. The third-order valence-electron chi connectivity index (χ3n) is 3.30. The van der Waals surface area contributed by atoms with Crippen molar-refractivity contribution in [2.45, 2.75) is 24.8 Å². The van der Waals surface area contributed by atoms with Crippen molar-refractivity contribution in [3.05, 3.63) is 30.6 Å². The molecular formula is C15H17N5O2S. The van der Waals surface area contributed by atoms with Gasteiger partial charge in [-0.25, -0.2) is 13.4 Å². The van der Waals surface area contributed by atoms with E-state index in [0.717, 1.165) is 10.9 Å². The molecule has 0 unspecified atom stereocenters. The molecule has 0 saturated carbocycles. The average molecular weight is 331 g/mol. The minimum absolute atomic E-state index is 0.200. The maximum atomic E-state index is 11.8. The molecule has 0 radical (unpaired) electrons. The molecule has 3 heterocycles. The molecule has 0 bridgehead atoms. The number of sulfone groups is 1. The van der Waals surface area contributed by atoms with Gasteiger partial charge in [0.2, 0.25) is 0 Å². The molecule has 0 spiro atoms. The summed E-state index contributed by atoms with van der Waals surface area (Å²) in [6.45, 7) is 4.03. The van der Waals surface area contributed by atoms with Gasteiger partial charge in [-0.1, -0.05) is 0 Å². The van der Waals surface area contributed by atoms with Gasteiger partial charge in [0.15, 0.2) is 9.84 Å². The van der Waals surface area contributed by atoms with Crippen molar-refractivity contribution in [1.82, 2.24) is 20.2 Å². The van der Waals surface area contributed by atoms with Crippen molar-refractivity contribution in [1.29, 1.82) is 0 Å². The molecule has 3 rings (SSSR count). The molecule has 8 heteroatoms. The van der Waals surface area contributed by atoms with E-state index in [1.54, 1.807) is 6.20 Å². The highest BCUT2D eigenvalue weighted by atomic mass is 32.2. The summed E-state index contributed by atoms with van der Waals surface area (Å²) >= 11 is 0. The quantitative estimate of drug-likeness (QED) is 0.760. The van der Waals surface area contributed by atoms with E-state index in [0.29, 0.717) is 17.2 Å². The predicted molar refractivity (Wildman–Crippen MR) is 89.0 cm³/mol. The average Bonchev–Trinajstić information content (AvgIpc) is 2.91. The molecule has 3 aromatic rings. The summed E-state index contributed by atoms with van der Waals surface area (Å²) in [5.41, 5.74) is 1.87. The van der Waals surface area contributed by atoms with Crippen LogP contribution in [0.5, 0.6) is 0 Å². The van der Waals surface area contributed by atoms with Crippen LogP contribution in [0.1, 0.15) is 13.8 Å². The predicted octanol–water partition coefficient (Wildman–Crippen LogP) is 2.24. The van der Waals surface area contributed by atoms with Crippen LogP contribution in [0.25, 0.3) is 22.3 Å². The number of rotatable bonds is 4. The molecule has 0 aliphatic rings. The molecule has 0 aliphatic heterocycles. The Morgan fingerprint density at radius 1 is 1.17 bits per heavy atom. The van der Waals surface area contributed by atoms with Crippen molar-refractivity contribution >= 4 is 26.6 Å². The normalized spacial score (nSPS) is 12.0. The number of fused-ring (bicyclic) bond motifs is 1. The first-order valence-electron chi connectivity index (χ1n) is 7.12. The number of H-pyrrole nitrogens is 1. The van der Waals surface area contributed by atoms with Crippen LogP contribution in [0, 0.1) is 0 Å². The summed E-state index contributed by atoms with van der Waals surface area (Å²) in [6, 6.07) is 5.01. The summed E-state index contributed by atoms with van der Waals surface area (Å²) in [5, 5.41) is 11.3. The van der Waals surface area contributed by atoms with Crippen LogP contribution in [-0.2, 0) is 9.84 Å². The van der Waals surface area contributed by atoms with Crippen LogP contribution in [0.3, 0.4) is 0 Å². The van der Waals surface area contributed by atoms with Gasteiger partial charge in [-0.15, -0.1) is 0 Å². The standard InChI is InChI=1S/C15H17N5O2S/c1-9(2)18-15-13-11(5-7-17-15)19-20-14(13)12-8-10(4-6-16-12)23(3,21)22/h4-9H,1-3H3,(H,17,18)(H,19,20). The number of nitrogens with one attached hydrogen (secondary N) is 2. The summed E-state index contributed by atoms with van der Waals surface area (Å²) < 4.78 is 23.5. The van der Waals surface area contributed by atoms with Gasteiger partial charge >= 0.3 is 0 Å². The minimum atomic E-state index is -3.31. The number of pyridine rings is 2. The highest BCUT2D eigenvalue weighted by molar-refractivity contribution is 7.90. The lowest BCUT2D eigenvalue weighted by molar-refractivity contribution is 0.602. The summed E-state index contributed by atoms with van der Waals surface area (Å²) in [7, 11) is -3.31. The van der Waals surface area contributed by atoms with Crippen LogP contribution in [0.15, 0.2) is 35.5 Å². The van der Waals surface area contributed by atoms with Gasteiger partial charge in [-0.05, 0) is 32.0 Å². The van der Waals surface area contributed by atoms with Gasteiger partial charge in [0, 0.05) is 24.7 Å². The first-order chi connectivity index (χ1) is 10.9. The van der Waals surface area contributed by atoms with Gasteiger partial charge < -0.3 is 5.32 Å². The van der Waals surface area contributed by atoms with Gasteiger partial charge in [0.05, 0.1) is 21.5 Å². The fourth-order valence-corrected chi connectivity index (χ4v) is 2.94. The number of aromatic nitrogens is 4. The number of hydrogen-bond donors (Lipinski definition) is 2. The second kappa shape index (κ2) is 5.62. The number of hydrogen-bond acceptors (Lipinski definition) is 6. The van der Waals surface area contributed by atoms with E-state index in [2.05, 4.69) is 25.5 Å². The highest BCUT2D eigenvalue weighted by Gasteiger charge is 2.17. The van der Waals surface area contributed by atoms with E-state index in [-0.39, 0.29) is 10.9 Å². The van der Waals surface area contributed by atoms with Gasteiger partial charge in [-0.3, -0.25) is 10.1 Å². The van der Waals surface area contributed by atoms with Gasteiger partial charge in [0.1, 0.15) is 11.5 Å². The molecule has 120 valence electrons. The smallest absolute Gasteiger partial charge is 0.175 e. The zero-order valence-corrected chi connectivity index (χ0v) is 13.8. The second-order valence-corrected chi connectivity index (χ2v) is 7.62. The molecule has 0 amide bonds. The van der Waals surface area contributed by atoms with Crippen molar-refractivity contribution < 1.29 is 8.42 Å². The van der Waals surface area contributed by atoms with Crippen LogP contribution >= 0.6 is 0 Å². The maximum absolute atomic E-state index is 11.8. The van der Waals surface area contributed by atoms with Crippen molar-refractivity contribution in [2.24, 2.45) is 0 Å². The number of anilines is 1. The van der Waals surface area contributed by atoms with E-state index in [4.69, 9.17) is 0 Å². The summed E-state index contributed by atoms with van der Waals surface area (Å²) in [6.07, 6.45) is 4.33. The fourth-order valence-electron chi connectivity index (χ4n) is 2.31. The molecule has 0 atom stereocenters. The van der Waals surface area contributed by atoms with E-state index in [9.17, 15) is 8.42 Å². The summed E-state index contributed by atoms with van der Waals surface area (Å²) in [5.74, 6) is 0.688. The third-order valence-corrected chi connectivity index (χ3v) is 4.41. The lowest BCUT2D eigenvalue weighted by atomic mass is 10.1. The Morgan fingerprint density at radius 2 is 1.91 bits per heavy atom. The molecule has 0 aromatic carbocycles. The molecular weight excluding hydrogens is 314 g/mol. The Balaban J connectivity index is 2.21. The number of nitrogens with zero attached hydrogens (tertiary/aromatic N) is 3. The Morgan fingerprint density at radius 3 is 2.61 bits per heavy atom. The van der Waals surface area contributed by atoms with Crippen molar-refractivity contribution in [2.75, 3.05) is 11.6 Å². The Kier molecular flexibility index (Phi) is 3.77. The van der Waals surface area contributed by atoms with Crippen LogP contribution in [-0.4, -0.2) is 40.9 Å². The molecule has 0 fully saturated rings. The first kappa shape index (κ1) is 15.4. The number of aromatic amines is 1. The maximum Gasteiger partial charge on any atom is 0.175 e. The van der Waals surface area contributed by atoms with E-state index >= 15 is 0 Å². The SMILES string of the molecule is CC(C)Nc1nccc2[nH]nc(-c3cc(S(C)(=O)=O)ccn3)c12. The molecule has 0 saturated heterocycles. The molecule has 7 nitrogen and oxygen atoms in total. The van der Waals surface area contributed by atoms with Gasteiger partial charge in [0.25, 0.3) is 0 Å². The van der Waals surface area contributed by atoms with Crippen molar-refractivity contribution in [3.63, 3.8) is 0 Å². The Bertz CT molecular complexity index is 963. The van der Waals surface area contributed by atoms with E-state index < -0.39 is 9.84 Å².